The second-order valence-electron chi connectivity index (χ2n) is 6.71. The Labute approximate surface area is 191 Å². The second-order valence-corrected chi connectivity index (χ2v) is 8.54. The molecule has 0 bridgehead atoms. The number of amides is 1. The number of methoxy groups -OCH3 is 2. The summed E-state index contributed by atoms with van der Waals surface area (Å²) in [7, 11) is 3.04. The molecule has 2 aromatic carbocycles. The third-order valence-electron chi connectivity index (χ3n) is 5.03. The van der Waals surface area contributed by atoms with E-state index in [1.165, 1.54) is 30.5 Å². The van der Waals surface area contributed by atoms with Crippen LogP contribution in [0.2, 0.25) is 0 Å². The van der Waals surface area contributed by atoms with Gasteiger partial charge >= 0.3 is 0 Å². The van der Waals surface area contributed by atoms with E-state index in [0.29, 0.717) is 27.2 Å². The molecule has 2 heterocycles. The third kappa shape index (κ3) is 3.62. The number of anilines is 1. The Morgan fingerprint density at radius 3 is 2.42 bits per heavy atom. The van der Waals surface area contributed by atoms with Crippen LogP contribution >= 0.6 is 27.3 Å². The molecule has 1 aliphatic rings. The summed E-state index contributed by atoms with van der Waals surface area (Å²) in [5.74, 6) is -0.692. The number of aliphatic hydroxyl groups is 1. The number of Topliss-reactive ketones (excluding diaryl/α,β-unsaturated/α-hetero) is 1. The minimum Gasteiger partial charge on any atom is -0.507 e. The topological polar surface area (TPSA) is 76.1 Å². The van der Waals surface area contributed by atoms with Gasteiger partial charge in [-0.15, -0.1) is 11.3 Å². The lowest BCUT2D eigenvalue weighted by molar-refractivity contribution is -0.132. The number of nitrogens with zero attached hydrogens (tertiary/aromatic N) is 1. The van der Waals surface area contributed by atoms with E-state index >= 15 is 0 Å². The summed E-state index contributed by atoms with van der Waals surface area (Å²) in [6.45, 7) is 0. The fourth-order valence-corrected chi connectivity index (χ4v) is 4.96. The van der Waals surface area contributed by atoms with E-state index in [1.807, 2.05) is 17.5 Å². The van der Waals surface area contributed by atoms with E-state index in [9.17, 15) is 14.7 Å². The lowest BCUT2D eigenvalue weighted by Crippen LogP contribution is -2.29. The quantitative estimate of drug-likeness (QED) is 0.298. The summed E-state index contributed by atoms with van der Waals surface area (Å²) >= 11 is 4.80. The molecule has 1 aromatic heterocycles. The van der Waals surface area contributed by atoms with Gasteiger partial charge < -0.3 is 14.6 Å². The number of hydrogen-bond donors (Lipinski definition) is 1. The van der Waals surface area contributed by atoms with Gasteiger partial charge in [0.15, 0.2) is 0 Å². The smallest absolute Gasteiger partial charge is 0.300 e. The number of aliphatic hydroxyl groups excluding tert-OH is 1. The van der Waals surface area contributed by atoms with Crippen molar-refractivity contribution in [1.29, 1.82) is 0 Å². The number of rotatable bonds is 5. The van der Waals surface area contributed by atoms with Gasteiger partial charge in [-0.3, -0.25) is 14.5 Å². The number of carbonyl (C=O) groups excluding carboxylic acids is 2. The third-order valence-corrected chi connectivity index (χ3v) is 6.57. The molecule has 3 aromatic rings. The van der Waals surface area contributed by atoms with Gasteiger partial charge in [0, 0.05) is 10.4 Å². The van der Waals surface area contributed by atoms with Gasteiger partial charge in [-0.1, -0.05) is 18.2 Å². The number of carbonyl (C=O) groups is 2. The number of para-hydroxylation sites is 2. The van der Waals surface area contributed by atoms with Gasteiger partial charge in [-0.2, -0.15) is 0 Å². The van der Waals surface area contributed by atoms with Crippen molar-refractivity contribution >= 4 is 50.4 Å². The fraction of sp³-hybridized carbons (Fsp3) is 0.130. The maximum Gasteiger partial charge on any atom is 0.300 e. The summed E-state index contributed by atoms with van der Waals surface area (Å²) in [5.41, 5.74) is 0.878. The molecule has 0 spiro atoms. The molecule has 1 saturated heterocycles. The molecule has 1 aliphatic heterocycles. The Bertz CT molecular complexity index is 1190. The largest absolute Gasteiger partial charge is 0.507 e. The maximum atomic E-state index is 13.1. The molecular weight excluding hydrogens is 482 g/mol. The number of halogens is 1. The van der Waals surface area contributed by atoms with Crippen LogP contribution in [0.25, 0.3) is 5.76 Å². The van der Waals surface area contributed by atoms with Crippen molar-refractivity contribution in [3.8, 4) is 11.5 Å². The van der Waals surface area contributed by atoms with Crippen LogP contribution in [0.1, 0.15) is 16.5 Å². The number of ether oxygens (including phenoxy) is 2. The SMILES string of the molecule is COc1ccc(/C(O)=C2/C(=O)C(=O)N(c3ccccc3OC)C2c2cccs2)cc1Br. The predicted molar refractivity (Wildman–Crippen MR) is 123 cm³/mol. The van der Waals surface area contributed by atoms with Crippen LogP contribution in [0.3, 0.4) is 0 Å². The van der Waals surface area contributed by atoms with Crippen LogP contribution in [0, 0.1) is 0 Å². The van der Waals surface area contributed by atoms with E-state index in [-0.39, 0.29) is 11.3 Å². The van der Waals surface area contributed by atoms with Crippen LogP contribution in [0.15, 0.2) is 70.0 Å². The zero-order valence-corrected chi connectivity index (χ0v) is 19.1. The van der Waals surface area contributed by atoms with E-state index in [4.69, 9.17) is 9.47 Å². The summed E-state index contributed by atoms with van der Waals surface area (Å²) < 4.78 is 11.3. The molecule has 1 fully saturated rings. The monoisotopic (exact) mass is 499 g/mol. The Hall–Kier alpha value is -3.10. The number of ketones is 1. The van der Waals surface area contributed by atoms with E-state index in [0.717, 1.165) is 4.88 Å². The lowest BCUT2D eigenvalue weighted by atomic mass is 9.99. The standard InChI is InChI=1S/C23H18BrNO5S/c1-29-16-10-9-13(12-14(16)24)21(26)19-20(18-8-5-11-31-18)25(23(28)22(19)27)15-6-3-4-7-17(15)30-2/h3-12,20,26H,1-2H3/b21-19-. The molecule has 31 heavy (non-hydrogen) atoms. The van der Waals surface area contributed by atoms with Crippen LogP contribution in [0.5, 0.6) is 11.5 Å². The van der Waals surface area contributed by atoms with E-state index in [1.54, 1.807) is 42.5 Å². The molecule has 158 valence electrons. The Morgan fingerprint density at radius 2 is 1.77 bits per heavy atom. The van der Waals surface area contributed by atoms with Gasteiger partial charge in [0.05, 0.1) is 30.0 Å². The minimum absolute atomic E-state index is 0.0235. The highest BCUT2D eigenvalue weighted by molar-refractivity contribution is 9.10. The molecule has 0 radical (unpaired) electrons. The van der Waals surface area contributed by atoms with Crippen molar-refractivity contribution in [3.63, 3.8) is 0 Å². The first-order valence-electron chi connectivity index (χ1n) is 9.29. The van der Waals surface area contributed by atoms with Gasteiger partial charge in [0.25, 0.3) is 11.7 Å². The zero-order chi connectivity index (χ0) is 22.1. The van der Waals surface area contributed by atoms with Gasteiger partial charge in [0.2, 0.25) is 0 Å². The highest BCUT2D eigenvalue weighted by atomic mass is 79.9. The number of thiophene rings is 1. The predicted octanol–water partition coefficient (Wildman–Crippen LogP) is 5.15. The average Bonchev–Trinajstić information content (AvgIpc) is 3.40. The molecule has 8 heteroatoms. The van der Waals surface area contributed by atoms with Crippen molar-refractivity contribution < 1.29 is 24.2 Å². The molecule has 0 saturated carbocycles. The Balaban J connectivity index is 1.93. The zero-order valence-electron chi connectivity index (χ0n) is 16.7. The molecule has 1 N–H and O–H groups in total. The number of hydrogen-bond acceptors (Lipinski definition) is 6. The summed E-state index contributed by atoms with van der Waals surface area (Å²) in [6.07, 6.45) is 0. The van der Waals surface area contributed by atoms with Gasteiger partial charge in [-0.05, 0) is 57.7 Å². The van der Waals surface area contributed by atoms with Gasteiger partial charge in [-0.25, -0.2) is 0 Å². The fourth-order valence-electron chi connectivity index (χ4n) is 3.59. The minimum atomic E-state index is -0.780. The van der Waals surface area contributed by atoms with E-state index in [2.05, 4.69) is 15.9 Å². The van der Waals surface area contributed by atoms with Crippen molar-refractivity contribution in [2.45, 2.75) is 6.04 Å². The summed E-state index contributed by atoms with van der Waals surface area (Å²) in [5, 5.41) is 13.0. The van der Waals surface area contributed by atoms with Crippen LogP contribution < -0.4 is 14.4 Å². The average molecular weight is 500 g/mol. The van der Waals surface area contributed by atoms with Crippen molar-refractivity contribution in [2.24, 2.45) is 0 Å². The first-order chi connectivity index (χ1) is 15.0. The van der Waals surface area contributed by atoms with Crippen LogP contribution in [0.4, 0.5) is 5.69 Å². The molecule has 0 aliphatic carbocycles. The summed E-state index contributed by atoms with van der Waals surface area (Å²) in [4.78, 5) is 28.4. The van der Waals surface area contributed by atoms with Crippen molar-refractivity contribution in [3.05, 3.63) is 80.5 Å². The second kappa shape index (κ2) is 8.56. The first kappa shape index (κ1) is 21.1. The maximum absolute atomic E-state index is 13.1. The normalized spacial score (nSPS) is 17.8. The van der Waals surface area contributed by atoms with E-state index < -0.39 is 17.7 Å². The molecule has 1 unspecified atom stereocenters. The lowest BCUT2D eigenvalue weighted by Gasteiger charge is -2.25. The molecule has 4 rings (SSSR count). The molecule has 6 nitrogen and oxygen atoms in total. The Kier molecular flexibility index (Phi) is 5.84. The molecule has 1 atom stereocenters. The summed E-state index contributed by atoms with van der Waals surface area (Å²) in [6, 6.07) is 14.9. The molecule has 1 amide bonds. The van der Waals surface area contributed by atoms with Crippen LogP contribution in [-0.2, 0) is 9.59 Å². The first-order valence-corrected chi connectivity index (χ1v) is 11.0. The highest BCUT2D eigenvalue weighted by Crippen LogP contribution is 2.46. The van der Waals surface area contributed by atoms with Crippen molar-refractivity contribution in [2.75, 3.05) is 19.1 Å². The highest BCUT2D eigenvalue weighted by Gasteiger charge is 2.48. The Morgan fingerprint density at radius 1 is 1.03 bits per heavy atom. The number of benzene rings is 2. The van der Waals surface area contributed by atoms with Crippen LogP contribution in [-0.4, -0.2) is 31.0 Å². The van der Waals surface area contributed by atoms with Crippen molar-refractivity contribution in [1.82, 2.24) is 0 Å². The molecular formula is C23H18BrNO5S. The van der Waals surface area contributed by atoms with Gasteiger partial charge in [0.1, 0.15) is 23.3 Å².